The normalized spacial score (nSPS) is 19.7. The Labute approximate surface area is 102 Å². The average Bonchev–Trinajstić information content (AvgIpc) is 2.69. The van der Waals surface area contributed by atoms with Gasteiger partial charge in [-0.15, -0.1) is 0 Å². The molecule has 3 rings (SSSR count). The molecule has 2 aromatic rings. The van der Waals surface area contributed by atoms with Crippen LogP contribution in [-0.4, -0.2) is 28.5 Å². The third-order valence-corrected chi connectivity index (χ3v) is 3.09. The van der Waals surface area contributed by atoms with E-state index in [0.717, 1.165) is 0 Å². The zero-order valence-corrected chi connectivity index (χ0v) is 9.59. The van der Waals surface area contributed by atoms with Crippen LogP contribution in [0.4, 0.5) is 5.69 Å². The first-order valence-electron chi connectivity index (χ1n) is 5.68. The molecule has 1 aliphatic heterocycles. The second kappa shape index (κ2) is 3.92. The fourth-order valence-electron chi connectivity index (χ4n) is 2.21. The minimum absolute atomic E-state index is 0.0119. The molecular formula is C12H12N4O2. The van der Waals surface area contributed by atoms with Crippen molar-refractivity contribution in [3.05, 3.63) is 34.9 Å². The number of benzene rings is 1. The Morgan fingerprint density at radius 1 is 1.39 bits per heavy atom. The number of rotatable bonds is 1. The van der Waals surface area contributed by atoms with Gasteiger partial charge in [-0.25, -0.2) is 4.98 Å². The maximum atomic E-state index is 11.8. The van der Waals surface area contributed by atoms with Gasteiger partial charge in [-0.3, -0.25) is 9.59 Å². The second-order valence-corrected chi connectivity index (χ2v) is 4.40. The van der Waals surface area contributed by atoms with Gasteiger partial charge in [0, 0.05) is 24.7 Å². The minimum atomic E-state index is -0.210. The van der Waals surface area contributed by atoms with Gasteiger partial charge in [0.1, 0.15) is 0 Å². The summed E-state index contributed by atoms with van der Waals surface area (Å²) in [6, 6.07) is 5.05. The fraction of sp³-hybridized carbons (Fsp3) is 0.250. The minimum Gasteiger partial charge on any atom is -0.326 e. The van der Waals surface area contributed by atoms with Crippen LogP contribution in [-0.2, 0) is 4.79 Å². The van der Waals surface area contributed by atoms with Gasteiger partial charge in [-0.05, 0) is 18.2 Å². The number of carbonyl (C=O) groups is 1. The molecule has 1 aliphatic rings. The summed E-state index contributed by atoms with van der Waals surface area (Å²) < 4.78 is 0. The molecule has 0 aliphatic carbocycles. The predicted molar refractivity (Wildman–Crippen MR) is 67.3 cm³/mol. The van der Waals surface area contributed by atoms with Gasteiger partial charge in [0.05, 0.1) is 17.2 Å². The molecular weight excluding hydrogens is 232 g/mol. The van der Waals surface area contributed by atoms with Crippen molar-refractivity contribution in [3.63, 3.8) is 0 Å². The van der Waals surface area contributed by atoms with E-state index in [2.05, 4.69) is 9.97 Å². The number of nitrogens with two attached hydrogens (primary N) is 1. The fourth-order valence-corrected chi connectivity index (χ4v) is 2.21. The van der Waals surface area contributed by atoms with Crippen molar-refractivity contribution in [1.82, 2.24) is 9.97 Å². The number of anilines is 1. The molecule has 0 spiro atoms. The summed E-state index contributed by atoms with van der Waals surface area (Å²) in [7, 11) is 0. The van der Waals surface area contributed by atoms with Crippen LogP contribution in [0.5, 0.6) is 0 Å². The smallest absolute Gasteiger partial charge is 0.258 e. The van der Waals surface area contributed by atoms with Crippen LogP contribution in [0.1, 0.15) is 6.42 Å². The molecule has 0 bridgehead atoms. The number of H-pyrrole nitrogens is 1. The lowest BCUT2D eigenvalue weighted by atomic mass is 10.2. The first-order valence-corrected chi connectivity index (χ1v) is 5.68. The molecule has 92 valence electrons. The van der Waals surface area contributed by atoms with Crippen molar-refractivity contribution in [2.75, 3.05) is 11.4 Å². The van der Waals surface area contributed by atoms with Crippen LogP contribution in [0.15, 0.2) is 29.3 Å². The molecule has 3 N–H and O–H groups in total. The van der Waals surface area contributed by atoms with Gasteiger partial charge in [0.15, 0.2) is 0 Å². The summed E-state index contributed by atoms with van der Waals surface area (Å²) in [5, 5.41) is 0.475. The van der Waals surface area contributed by atoms with E-state index in [1.165, 1.54) is 6.33 Å². The van der Waals surface area contributed by atoms with E-state index in [1.54, 1.807) is 23.1 Å². The molecule has 1 unspecified atom stereocenters. The number of aromatic nitrogens is 2. The number of hydrogen-bond acceptors (Lipinski definition) is 4. The van der Waals surface area contributed by atoms with Gasteiger partial charge < -0.3 is 15.6 Å². The molecule has 18 heavy (non-hydrogen) atoms. The topological polar surface area (TPSA) is 92.1 Å². The molecule has 1 fully saturated rings. The van der Waals surface area contributed by atoms with Crippen LogP contribution in [0.3, 0.4) is 0 Å². The van der Waals surface area contributed by atoms with Crippen molar-refractivity contribution in [3.8, 4) is 0 Å². The maximum Gasteiger partial charge on any atom is 0.258 e. The average molecular weight is 244 g/mol. The van der Waals surface area contributed by atoms with E-state index in [9.17, 15) is 9.59 Å². The Morgan fingerprint density at radius 3 is 2.94 bits per heavy atom. The van der Waals surface area contributed by atoms with E-state index in [4.69, 9.17) is 5.73 Å². The van der Waals surface area contributed by atoms with E-state index in [1.807, 2.05) is 0 Å². The molecule has 1 saturated heterocycles. The monoisotopic (exact) mass is 244 g/mol. The Hall–Kier alpha value is -2.21. The third kappa shape index (κ3) is 1.67. The summed E-state index contributed by atoms with van der Waals surface area (Å²) in [4.78, 5) is 31.6. The molecule has 1 atom stereocenters. The number of nitrogens with zero attached hydrogens (tertiary/aromatic N) is 2. The summed E-state index contributed by atoms with van der Waals surface area (Å²) >= 11 is 0. The first kappa shape index (κ1) is 10.9. The van der Waals surface area contributed by atoms with Gasteiger partial charge in [0.25, 0.3) is 5.56 Å². The summed E-state index contributed by atoms with van der Waals surface area (Å²) in [5.41, 5.74) is 6.85. The number of aromatic amines is 1. The van der Waals surface area contributed by atoms with Crippen LogP contribution >= 0.6 is 0 Å². The van der Waals surface area contributed by atoms with Crippen molar-refractivity contribution < 1.29 is 4.79 Å². The van der Waals surface area contributed by atoms with Crippen LogP contribution in [0.2, 0.25) is 0 Å². The molecule has 1 aromatic carbocycles. The van der Waals surface area contributed by atoms with Gasteiger partial charge in [0.2, 0.25) is 5.91 Å². The Bertz CT molecular complexity index is 679. The molecule has 1 aromatic heterocycles. The standard InChI is InChI=1S/C12H12N4O2/c13-7-3-11(17)16(5-7)8-1-2-10-9(4-8)12(18)15-6-14-10/h1-2,4,6-7H,3,5,13H2,(H,14,15,18). The molecule has 1 amide bonds. The number of fused-ring (bicyclic) bond motifs is 1. The largest absolute Gasteiger partial charge is 0.326 e. The predicted octanol–water partition coefficient (Wildman–Crippen LogP) is -0.0129. The highest BCUT2D eigenvalue weighted by Gasteiger charge is 2.28. The lowest BCUT2D eigenvalue weighted by Gasteiger charge is -2.16. The Morgan fingerprint density at radius 2 is 2.22 bits per heavy atom. The molecule has 0 radical (unpaired) electrons. The van der Waals surface area contributed by atoms with Crippen molar-refractivity contribution in [1.29, 1.82) is 0 Å². The van der Waals surface area contributed by atoms with Crippen LogP contribution < -0.4 is 16.2 Å². The quantitative estimate of drug-likeness (QED) is 0.737. The number of hydrogen-bond donors (Lipinski definition) is 2. The Kier molecular flexibility index (Phi) is 2.38. The second-order valence-electron chi connectivity index (χ2n) is 4.40. The summed E-state index contributed by atoms with van der Waals surface area (Å²) in [6.07, 6.45) is 1.71. The maximum absolute atomic E-state index is 11.8. The highest BCUT2D eigenvalue weighted by atomic mass is 16.2. The van der Waals surface area contributed by atoms with E-state index in [0.29, 0.717) is 29.6 Å². The van der Waals surface area contributed by atoms with Crippen LogP contribution in [0, 0.1) is 0 Å². The van der Waals surface area contributed by atoms with Gasteiger partial charge in [-0.2, -0.15) is 0 Å². The SMILES string of the molecule is NC1CC(=O)N(c2ccc3nc[nH]c(=O)c3c2)C1. The summed E-state index contributed by atoms with van der Waals surface area (Å²) in [5.74, 6) is -0.0119. The van der Waals surface area contributed by atoms with E-state index < -0.39 is 0 Å². The van der Waals surface area contributed by atoms with Crippen molar-refractivity contribution in [2.24, 2.45) is 5.73 Å². The van der Waals surface area contributed by atoms with E-state index in [-0.39, 0.29) is 17.5 Å². The Balaban J connectivity index is 2.11. The summed E-state index contributed by atoms with van der Waals surface area (Å²) in [6.45, 7) is 0.489. The number of carbonyl (C=O) groups excluding carboxylic acids is 1. The first-order chi connectivity index (χ1) is 8.65. The van der Waals surface area contributed by atoms with Crippen LogP contribution in [0.25, 0.3) is 10.9 Å². The van der Waals surface area contributed by atoms with Crippen molar-refractivity contribution >= 4 is 22.5 Å². The highest BCUT2D eigenvalue weighted by Crippen LogP contribution is 2.23. The highest BCUT2D eigenvalue weighted by molar-refractivity contribution is 5.98. The van der Waals surface area contributed by atoms with Crippen molar-refractivity contribution in [2.45, 2.75) is 12.5 Å². The molecule has 6 heteroatoms. The molecule has 0 saturated carbocycles. The van der Waals surface area contributed by atoms with E-state index >= 15 is 0 Å². The van der Waals surface area contributed by atoms with Gasteiger partial charge >= 0.3 is 0 Å². The lowest BCUT2D eigenvalue weighted by Crippen LogP contribution is -2.28. The molecule has 2 heterocycles. The number of nitrogens with one attached hydrogen (secondary N) is 1. The van der Waals surface area contributed by atoms with Gasteiger partial charge in [-0.1, -0.05) is 0 Å². The lowest BCUT2D eigenvalue weighted by molar-refractivity contribution is -0.117. The zero-order valence-electron chi connectivity index (χ0n) is 9.59. The zero-order chi connectivity index (χ0) is 12.7. The number of amides is 1. The molecule has 6 nitrogen and oxygen atoms in total. The third-order valence-electron chi connectivity index (χ3n) is 3.09.